The minimum Gasteiger partial charge on any atom is -0.376 e. The van der Waals surface area contributed by atoms with Crippen LogP contribution < -0.4 is 5.32 Å². The van der Waals surface area contributed by atoms with Gasteiger partial charge in [0.2, 0.25) is 0 Å². The Morgan fingerprint density at radius 2 is 2.30 bits per heavy atom. The first-order valence-corrected chi connectivity index (χ1v) is 2.88. The van der Waals surface area contributed by atoms with Crippen LogP contribution in [0.5, 0.6) is 0 Å². The topological polar surface area (TPSA) is 29.1 Å². The van der Waals surface area contributed by atoms with Crippen molar-refractivity contribution >= 4 is 5.78 Å². The smallest absolute Gasteiger partial charge is 0.265 e. The average molecular weight is 147 g/mol. The lowest BCUT2D eigenvalue weighted by molar-refractivity contribution is -0.119. The van der Waals surface area contributed by atoms with Crippen molar-refractivity contribution in [2.45, 2.75) is 19.4 Å². The van der Waals surface area contributed by atoms with Crippen molar-refractivity contribution in [3.63, 3.8) is 0 Å². The van der Waals surface area contributed by atoms with E-state index >= 15 is 0 Å². The number of hydrogen-bond acceptors (Lipinski definition) is 2. The molecule has 4 heteroatoms. The largest absolute Gasteiger partial charge is 0.376 e. The van der Waals surface area contributed by atoms with Crippen LogP contribution >= 0.6 is 0 Å². The lowest BCUT2D eigenvalue weighted by Crippen LogP contribution is -2.34. The van der Waals surface area contributed by atoms with Crippen LogP contribution in [0.4, 0.5) is 8.78 Å². The molecule has 0 aromatic heterocycles. The van der Waals surface area contributed by atoms with Gasteiger partial charge < -0.3 is 5.32 Å². The van der Waals surface area contributed by atoms with Crippen molar-refractivity contribution in [2.75, 3.05) is 0 Å². The molecule has 0 amide bonds. The molecule has 1 heterocycles. The summed E-state index contributed by atoms with van der Waals surface area (Å²) >= 11 is 0. The number of nitrogens with one attached hydrogen (secondary N) is 1. The Hall–Kier alpha value is -0.930. The fourth-order valence-electron chi connectivity index (χ4n) is 0.794. The second-order valence-electron chi connectivity index (χ2n) is 2.17. The molecule has 10 heavy (non-hydrogen) atoms. The number of carbonyl (C=O) groups is 1. The second kappa shape index (κ2) is 2.36. The van der Waals surface area contributed by atoms with Gasteiger partial charge in [-0.05, 0) is 6.92 Å². The molecular weight excluding hydrogens is 140 g/mol. The summed E-state index contributed by atoms with van der Waals surface area (Å²) in [5.74, 6) is -0.505. The maximum Gasteiger partial charge on any atom is 0.265 e. The molecular formula is C6H7F2NO. The number of alkyl halides is 2. The molecule has 56 valence electrons. The van der Waals surface area contributed by atoms with E-state index in [0.717, 1.165) is 0 Å². The van der Waals surface area contributed by atoms with Crippen LogP contribution in [0, 0.1) is 0 Å². The average Bonchev–Trinajstić information content (AvgIpc) is 2.14. The molecule has 1 unspecified atom stereocenters. The van der Waals surface area contributed by atoms with Crippen molar-refractivity contribution < 1.29 is 13.6 Å². The normalized spacial score (nSPS) is 25.0. The minimum absolute atomic E-state index is 0.366. The molecule has 0 saturated heterocycles. The quantitative estimate of drug-likeness (QED) is 0.591. The van der Waals surface area contributed by atoms with E-state index in [1.54, 1.807) is 0 Å². The van der Waals surface area contributed by atoms with Gasteiger partial charge in [-0.25, -0.2) is 8.78 Å². The number of ketones is 1. The Morgan fingerprint density at radius 3 is 2.50 bits per heavy atom. The second-order valence-corrected chi connectivity index (χ2v) is 2.17. The van der Waals surface area contributed by atoms with Gasteiger partial charge in [0.05, 0.1) is 0 Å². The molecule has 1 aliphatic rings. The molecule has 0 fully saturated rings. The van der Waals surface area contributed by atoms with Gasteiger partial charge in [-0.3, -0.25) is 4.79 Å². The molecule has 0 radical (unpaired) electrons. The summed E-state index contributed by atoms with van der Waals surface area (Å²) in [6, 6.07) is -1.31. The number of carbonyl (C=O) groups excluding carboxylic acids is 1. The van der Waals surface area contributed by atoms with E-state index in [1.165, 1.54) is 13.1 Å². The van der Waals surface area contributed by atoms with Crippen LogP contribution in [0.2, 0.25) is 0 Å². The summed E-state index contributed by atoms with van der Waals surface area (Å²) in [5.41, 5.74) is 0.366. The van der Waals surface area contributed by atoms with Gasteiger partial charge in [-0.2, -0.15) is 0 Å². The zero-order valence-corrected chi connectivity index (χ0v) is 5.40. The van der Waals surface area contributed by atoms with Crippen LogP contribution in [0.25, 0.3) is 0 Å². The molecule has 1 aliphatic heterocycles. The third-order valence-electron chi connectivity index (χ3n) is 1.40. The monoisotopic (exact) mass is 147 g/mol. The van der Waals surface area contributed by atoms with Gasteiger partial charge in [0.1, 0.15) is 0 Å². The lowest BCUT2D eigenvalue weighted by Gasteiger charge is -2.06. The Bertz CT molecular complexity index is 188. The standard InChI is InChI=1S/C6H7F2NO/c1-3-2-9-4(5(3)10)6(7)8/h2,4,6,9H,1H3. The Morgan fingerprint density at radius 1 is 1.70 bits per heavy atom. The van der Waals surface area contributed by atoms with Crippen LogP contribution in [0.3, 0.4) is 0 Å². The highest BCUT2D eigenvalue weighted by Crippen LogP contribution is 2.12. The summed E-state index contributed by atoms with van der Waals surface area (Å²) in [4.78, 5) is 10.7. The van der Waals surface area contributed by atoms with E-state index in [-0.39, 0.29) is 0 Å². The minimum atomic E-state index is -2.61. The molecule has 0 aromatic rings. The lowest BCUT2D eigenvalue weighted by atomic mass is 10.1. The maximum atomic E-state index is 11.8. The van der Waals surface area contributed by atoms with E-state index in [1.807, 2.05) is 0 Å². The number of Topliss-reactive ketones (excluding diaryl/α,β-unsaturated/α-hetero) is 1. The zero-order chi connectivity index (χ0) is 7.72. The first-order chi connectivity index (χ1) is 4.63. The van der Waals surface area contributed by atoms with Crippen LogP contribution in [-0.2, 0) is 4.79 Å². The fraction of sp³-hybridized carbons (Fsp3) is 0.500. The Balaban J connectivity index is 2.65. The Kier molecular flexibility index (Phi) is 1.70. The predicted molar refractivity (Wildman–Crippen MR) is 31.7 cm³/mol. The summed E-state index contributed by atoms with van der Waals surface area (Å²) in [7, 11) is 0. The van der Waals surface area contributed by atoms with Crippen molar-refractivity contribution in [1.82, 2.24) is 5.32 Å². The van der Waals surface area contributed by atoms with E-state index in [2.05, 4.69) is 5.32 Å². The fourth-order valence-corrected chi connectivity index (χ4v) is 0.794. The molecule has 1 rings (SSSR count). The van der Waals surface area contributed by atoms with Gasteiger partial charge in [0, 0.05) is 11.8 Å². The van der Waals surface area contributed by atoms with E-state index in [0.29, 0.717) is 5.57 Å². The number of halogens is 2. The Labute approximate surface area is 56.9 Å². The van der Waals surface area contributed by atoms with Crippen LogP contribution in [0.15, 0.2) is 11.8 Å². The maximum absolute atomic E-state index is 11.8. The molecule has 2 nitrogen and oxygen atoms in total. The molecule has 1 atom stereocenters. The van der Waals surface area contributed by atoms with Gasteiger partial charge in [0.15, 0.2) is 11.8 Å². The van der Waals surface area contributed by atoms with E-state index in [9.17, 15) is 13.6 Å². The molecule has 0 aromatic carbocycles. The summed E-state index contributed by atoms with van der Waals surface area (Å²) in [6.07, 6.45) is -1.29. The van der Waals surface area contributed by atoms with Gasteiger partial charge in [-0.15, -0.1) is 0 Å². The van der Waals surface area contributed by atoms with Crippen molar-refractivity contribution in [3.05, 3.63) is 11.8 Å². The highest BCUT2D eigenvalue weighted by Gasteiger charge is 2.31. The highest BCUT2D eigenvalue weighted by molar-refractivity contribution is 6.01. The first kappa shape index (κ1) is 7.18. The van der Waals surface area contributed by atoms with Crippen molar-refractivity contribution in [2.24, 2.45) is 0 Å². The van der Waals surface area contributed by atoms with Gasteiger partial charge in [0.25, 0.3) is 6.43 Å². The van der Waals surface area contributed by atoms with Crippen molar-refractivity contribution in [1.29, 1.82) is 0 Å². The highest BCUT2D eigenvalue weighted by atomic mass is 19.3. The van der Waals surface area contributed by atoms with Crippen LogP contribution in [0.1, 0.15) is 6.92 Å². The molecule has 0 aliphatic carbocycles. The first-order valence-electron chi connectivity index (χ1n) is 2.88. The van der Waals surface area contributed by atoms with E-state index in [4.69, 9.17) is 0 Å². The van der Waals surface area contributed by atoms with E-state index < -0.39 is 18.3 Å². The molecule has 0 spiro atoms. The summed E-state index contributed by atoms with van der Waals surface area (Å²) < 4.78 is 23.7. The predicted octanol–water partition coefficient (Wildman–Crippen LogP) is 0.696. The zero-order valence-electron chi connectivity index (χ0n) is 5.40. The molecule has 0 saturated carbocycles. The third-order valence-corrected chi connectivity index (χ3v) is 1.40. The SMILES string of the molecule is CC1=CNC(C(F)F)C1=O. The van der Waals surface area contributed by atoms with Gasteiger partial charge >= 0.3 is 0 Å². The van der Waals surface area contributed by atoms with Gasteiger partial charge in [-0.1, -0.05) is 0 Å². The molecule has 1 N–H and O–H groups in total. The number of hydrogen-bond donors (Lipinski definition) is 1. The van der Waals surface area contributed by atoms with Crippen molar-refractivity contribution in [3.8, 4) is 0 Å². The number of rotatable bonds is 1. The summed E-state index contributed by atoms with van der Waals surface area (Å²) in [5, 5.41) is 2.29. The van der Waals surface area contributed by atoms with Crippen LogP contribution in [-0.4, -0.2) is 18.3 Å². The summed E-state index contributed by atoms with van der Waals surface area (Å²) in [6.45, 7) is 1.51. The third kappa shape index (κ3) is 1.01. The molecule has 0 bridgehead atoms.